The molecule has 2 aliphatic heterocycles. The van der Waals surface area contributed by atoms with Gasteiger partial charge >= 0.3 is 0 Å². The molecular formula is C12H22N2O3. The van der Waals surface area contributed by atoms with E-state index in [9.17, 15) is 15.0 Å². The Kier molecular flexibility index (Phi) is 3.43. The minimum absolute atomic E-state index is 0.0769. The maximum absolute atomic E-state index is 12.6. The van der Waals surface area contributed by atoms with Gasteiger partial charge in [-0.2, -0.15) is 0 Å². The van der Waals surface area contributed by atoms with Gasteiger partial charge in [0.25, 0.3) is 0 Å². The molecule has 5 nitrogen and oxygen atoms in total. The summed E-state index contributed by atoms with van der Waals surface area (Å²) in [6.45, 7) is 6.21. The van der Waals surface area contributed by atoms with Crippen LogP contribution in [0.15, 0.2) is 0 Å². The highest BCUT2D eigenvalue weighted by Crippen LogP contribution is 2.37. The first-order valence-corrected chi connectivity index (χ1v) is 6.33. The number of likely N-dealkylation sites (tertiary alicyclic amines) is 1. The molecule has 0 aromatic rings. The molecule has 0 spiro atoms. The molecule has 0 radical (unpaired) electrons. The Morgan fingerprint density at radius 2 is 1.94 bits per heavy atom. The number of β-amino-alcohol motifs (C(OH)–C–C–N with tert-alkyl or cyclic N) is 2. The molecule has 17 heavy (non-hydrogen) atoms. The van der Waals surface area contributed by atoms with Gasteiger partial charge in [-0.15, -0.1) is 0 Å². The quantitative estimate of drug-likeness (QED) is 0.592. The first kappa shape index (κ1) is 12.8. The lowest BCUT2D eigenvalue weighted by atomic mass is 9.75. The van der Waals surface area contributed by atoms with Gasteiger partial charge in [-0.05, 0) is 18.9 Å². The minimum atomic E-state index is -0.794. The molecule has 0 aromatic carbocycles. The van der Waals surface area contributed by atoms with Crippen molar-refractivity contribution in [1.82, 2.24) is 10.2 Å². The first-order chi connectivity index (χ1) is 7.97. The Morgan fingerprint density at radius 1 is 1.35 bits per heavy atom. The summed E-state index contributed by atoms with van der Waals surface area (Å²) in [4.78, 5) is 14.2. The summed E-state index contributed by atoms with van der Waals surface area (Å²) >= 11 is 0. The zero-order valence-electron chi connectivity index (χ0n) is 10.5. The van der Waals surface area contributed by atoms with E-state index < -0.39 is 12.2 Å². The molecule has 0 aromatic heterocycles. The molecular weight excluding hydrogens is 220 g/mol. The van der Waals surface area contributed by atoms with Crippen LogP contribution in [0.25, 0.3) is 0 Å². The van der Waals surface area contributed by atoms with Crippen molar-refractivity contribution in [3.8, 4) is 0 Å². The van der Waals surface area contributed by atoms with Gasteiger partial charge in [0.1, 0.15) is 0 Å². The van der Waals surface area contributed by atoms with Crippen molar-refractivity contribution >= 4 is 5.91 Å². The van der Waals surface area contributed by atoms with Gasteiger partial charge in [0.2, 0.25) is 5.91 Å². The third kappa shape index (κ3) is 2.07. The van der Waals surface area contributed by atoms with Crippen molar-refractivity contribution in [2.24, 2.45) is 11.3 Å². The van der Waals surface area contributed by atoms with E-state index in [-0.39, 0.29) is 30.3 Å². The number of hydrogen-bond acceptors (Lipinski definition) is 4. The van der Waals surface area contributed by atoms with Gasteiger partial charge in [-0.25, -0.2) is 0 Å². The highest BCUT2D eigenvalue weighted by Gasteiger charge is 2.48. The van der Waals surface area contributed by atoms with Crippen LogP contribution < -0.4 is 5.32 Å². The summed E-state index contributed by atoms with van der Waals surface area (Å²) in [5.41, 5.74) is -0.357. The Hall–Kier alpha value is -0.650. The van der Waals surface area contributed by atoms with E-state index in [0.29, 0.717) is 6.54 Å². The second-order valence-corrected chi connectivity index (χ2v) is 5.58. The summed E-state index contributed by atoms with van der Waals surface area (Å²) in [5.74, 6) is 0.341. The third-order valence-electron chi connectivity index (χ3n) is 4.27. The molecule has 2 fully saturated rings. The number of nitrogens with zero attached hydrogens (tertiary/aromatic N) is 1. The second-order valence-electron chi connectivity index (χ2n) is 5.58. The Balaban J connectivity index is 2.13. The predicted molar refractivity (Wildman–Crippen MR) is 63.4 cm³/mol. The maximum atomic E-state index is 12.6. The van der Waals surface area contributed by atoms with Crippen molar-refractivity contribution in [3.63, 3.8) is 0 Å². The van der Waals surface area contributed by atoms with E-state index in [0.717, 1.165) is 13.0 Å². The fourth-order valence-corrected chi connectivity index (χ4v) is 2.88. The molecule has 5 heteroatoms. The number of nitrogens with one attached hydrogen (secondary N) is 1. The summed E-state index contributed by atoms with van der Waals surface area (Å²) in [6.07, 6.45) is -0.748. The molecule has 2 heterocycles. The van der Waals surface area contributed by atoms with Crippen LogP contribution in [-0.2, 0) is 4.79 Å². The minimum Gasteiger partial charge on any atom is -0.388 e. The Bertz CT molecular complexity index is 290. The average Bonchev–Trinajstić information content (AvgIpc) is 2.87. The molecule has 1 unspecified atom stereocenters. The number of rotatable bonds is 2. The zero-order valence-corrected chi connectivity index (χ0v) is 10.5. The van der Waals surface area contributed by atoms with Crippen LogP contribution in [0, 0.1) is 11.3 Å². The van der Waals surface area contributed by atoms with Crippen molar-refractivity contribution in [2.45, 2.75) is 32.5 Å². The van der Waals surface area contributed by atoms with Crippen LogP contribution in [0.3, 0.4) is 0 Å². The van der Waals surface area contributed by atoms with Crippen molar-refractivity contribution in [1.29, 1.82) is 0 Å². The van der Waals surface area contributed by atoms with Crippen LogP contribution >= 0.6 is 0 Å². The lowest BCUT2D eigenvalue weighted by Gasteiger charge is -2.35. The normalized spacial score (nSPS) is 38.1. The zero-order chi connectivity index (χ0) is 12.6. The molecule has 3 N–H and O–H groups in total. The van der Waals surface area contributed by atoms with Gasteiger partial charge < -0.3 is 20.4 Å². The van der Waals surface area contributed by atoms with Gasteiger partial charge in [0.05, 0.1) is 17.6 Å². The van der Waals surface area contributed by atoms with Crippen LogP contribution in [-0.4, -0.2) is 59.4 Å². The molecule has 2 rings (SSSR count). The third-order valence-corrected chi connectivity index (χ3v) is 4.27. The van der Waals surface area contributed by atoms with E-state index in [1.165, 1.54) is 0 Å². The molecule has 0 bridgehead atoms. The molecule has 3 atom stereocenters. The van der Waals surface area contributed by atoms with Crippen molar-refractivity contribution < 1.29 is 15.0 Å². The van der Waals surface area contributed by atoms with E-state index in [1.807, 2.05) is 0 Å². The Morgan fingerprint density at radius 3 is 2.35 bits per heavy atom. The number of hydrogen-bond donors (Lipinski definition) is 3. The number of aliphatic hydroxyl groups excluding tert-OH is 2. The maximum Gasteiger partial charge on any atom is 0.230 e. The van der Waals surface area contributed by atoms with E-state index in [4.69, 9.17) is 0 Å². The van der Waals surface area contributed by atoms with Crippen LogP contribution in [0.5, 0.6) is 0 Å². The summed E-state index contributed by atoms with van der Waals surface area (Å²) in [5, 5.41) is 22.3. The fourth-order valence-electron chi connectivity index (χ4n) is 2.88. The lowest BCUT2D eigenvalue weighted by Crippen LogP contribution is -2.47. The lowest BCUT2D eigenvalue weighted by molar-refractivity contribution is -0.143. The van der Waals surface area contributed by atoms with E-state index in [2.05, 4.69) is 19.2 Å². The van der Waals surface area contributed by atoms with Crippen LogP contribution in [0.1, 0.15) is 20.3 Å². The summed E-state index contributed by atoms with van der Waals surface area (Å²) < 4.78 is 0. The van der Waals surface area contributed by atoms with Gasteiger partial charge in [-0.3, -0.25) is 4.79 Å². The number of aliphatic hydroxyl groups is 2. The molecule has 0 aliphatic carbocycles. The topological polar surface area (TPSA) is 72.8 Å². The van der Waals surface area contributed by atoms with E-state index in [1.54, 1.807) is 4.90 Å². The molecule has 98 valence electrons. The smallest absolute Gasteiger partial charge is 0.230 e. The largest absolute Gasteiger partial charge is 0.388 e. The van der Waals surface area contributed by atoms with Crippen LogP contribution in [0.4, 0.5) is 0 Å². The van der Waals surface area contributed by atoms with Gasteiger partial charge in [0, 0.05) is 19.6 Å². The van der Waals surface area contributed by atoms with Crippen molar-refractivity contribution in [2.75, 3.05) is 26.2 Å². The van der Waals surface area contributed by atoms with Crippen LogP contribution in [0.2, 0.25) is 0 Å². The molecule has 2 aliphatic rings. The monoisotopic (exact) mass is 242 g/mol. The number of carbonyl (C=O) groups is 1. The first-order valence-electron chi connectivity index (χ1n) is 6.33. The van der Waals surface area contributed by atoms with Gasteiger partial charge in [0.15, 0.2) is 0 Å². The average molecular weight is 242 g/mol. The predicted octanol–water partition coefficient (Wildman–Crippen LogP) is -0.814. The molecule has 2 saturated heterocycles. The molecule has 1 amide bonds. The Labute approximate surface area is 102 Å². The van der Waals surface area contributed by atoms with E-state index >= 15 is 0 Å². The second kappa shape index (κ2) is 4.55. The molecule has 0 saturated carbocycles. The number of amides is 1. The van der Waals surface area contributed by atoms with Crippen molar-refractivity contribution in [3.05, 3.63) is 0 Å². The highest BCUT2D eigenvalue weighted by atomic mass is 16.3. The fraction of sp³-hybridized carbons (Fsp3) is 0.917. The summed E-state index contributed by atoms with van der Waals surface area (Å²) in [7, 11) is 0. The standard InChI is InChI=1S/C12H22N2O3/c1-8(2)12(3-4-13-7-12)11(17)14-5-9(15)10(16)6-14/h8-10,13,15-16H,3-7H2,1-2H3/t9-,10+,12?. The summed E-state index contributed by atoms with van der Waals surface area (Å²) in [6, 6.07) is 0. The van der Waals surface area contributed by atoms with Gasteiger partial charge in [-0.1, -0.05) is 13.8 Å². The highest BCUT2D eigenvalue weighted by molar-refractivity contribution is 5.84. The SMILES string of the molecule is CC(C)C1(C(=O)N2C[C@@H](O)[C@@H](O)C2)CCNC1. The number of carbonyl (C=O) groups excluding carboxylic acids is 1.